The van der Waals surface area contributed by atoms with Gasteiger partial charge in [-0.2, -0.15) is 0 Å². The summed E-state index contributed by atoms with van der Waals surface area (Å²) in [6, 6.07) is 9.19. The van der Waals surface area contributed by atoms with Crippen molar-refractivity contribution in [1.82, 2.24) is 16.1 Å². The standard InChI is InChI=1S/C20H25N3O3/c24-18(16-10-14(6-9-21-16)13-4-2-1-3-5-13)17-15(19(25)23-26)11-20(7-8-20)12-22-17/h1-6,15-17,21-22,26H,7-12H2,(H,23,25)/t15-,16?,17-/m0/s1. The monoisotopic (exact) mass is 355 g/mol. The molecule has 1 aliphatic carbocycles. The Morgan fingerprint density at radius 2 is 1.92 bits per heavy atom. The molecular weight excluding hydrogens is 330 g/mol. The quantitative estimate of drug-likeness (QED) is 0.482. The van der Waals surface area contributed by atoms with E-state index >= 15 is 0 Å². The van der Waals surface area contributed by atoms with Crippen molar-refractivity contribution in [2.45, 2.75) is 37.8 Å². The molecule has 4 rings (SSSR count). The summed E-state index contributed by atoms with van der Waals surface area (Å²) < 4.78 is 0. The molecule has 1 saturated heterocycles. The van der Waals surface area contributed by atoms with Crippen LogP contribution in [-0.2, 0) is 9.59 Å². The maximum Gasteiger partial charge on any atom is 0.248 e. The van der Waals surface area contributed by atoms with Crippen LogP contribution in [0.15, 0.2) is 36.4 Å². The SMILES string of the molecule is O=C(NO)[C@H]1CC2(CC2)CN[C@@H]1C(=O)C1CC(c2ccccc2)=CCN1. The minimum absolute atomic E-state index is 0.00984. The first kappa shape index (κ1) is 17.4. The summed E-state index contributed by atoms with van der Waals surface area (Å²) in [7, 11) is 0. The number of hydrogen-bond acceptors (Lipinski definition) is 5. The molecule has 0 bridgehead atoms. The van der Waals surface area contributed by atoms with Crippen molar-refractivity contribution in [2.75, 3.05) is 13.1 Å². The molecule has 1 unspecified atom stereocenters. The second kappa shape index (κ2) is 6.95. The van der Waals surface area contributed by atoms with Gasteiger partial charge in [0.2, 0.25) is 5.91 Å². The van der Waals surface area contributed by atoms with Crippen LogP contribution < -0.4 is 16.1 Å². The lowest BCUT2D eigenvalue weighted by atomic mass is 9.78. The predicted molar refractivity (Wildman–Crippen MR) is 97.3 cm³/mol. The summed E-state index contributed by atoms with van der Waals surface area (Å²) in [4.78, 5) is 25.4. The molecule has 3 aliphatic rings. The van der Waals surface area contributed by atoms with Gasteiger partial charge in [0.15, 0.2) is 5.78 Å². The van der Waals surface area contributed by atoms with Crippen molar-refractivity contribution in [3.63, 3.8) is 0 Å². The number of hydroxylamine groups is 1. The largest absolute Gasteiger partial charge is 0.306 e. The third kappa shape index (κ3) is 3.32. The van der Waals surface area contributed by atoms with Gasteiger partial charge in [-0.15, -0.1) is 0 Å². The Labute approximate surface area is 153 Å². The fraction of sp³-hybridized carbons (Fsp3) is 0.500. The first-order valence-corrected chi connectivity index (χ1v) is 9.31. The van der Waals surface area contributed by atoms with Crippen LogP contribution in [0.2, 0.25) is 0 Å². The normalized spacial score (nSPS) is 29.7. The number of Topliss-reactive ketones (excluding diaryl/α,β-unsaturated/α-hetero) is 1. The average Bonchev–Trinajstić information content (AvgIpc) is 3.46. The van der Waals surface area contributed by atoms with Gasteiger partial charge in [-0.1, -0.05) is 36.4 Å². The third-order valence-electron chi connectivity index (χ3n) is 6.09. The highest BCUT2D eigenvalue weighted by Crippen LogP contribution is 2.52. The highest BCUT2D eigenvalue weighted by atomic mass is 16.5. The Morgan fingerprint density at radius 1 is 1.15 bits per heavy atom. The Hall–Kier alpha value is -2.02. The van der Waals surface area contributed by atoms with Crippen LogP contribution in [0.25, 0.3) is 5.57 Å². The zero-order chi connectivity index (χ0) is 18.1. The molecule has 2 aliphatic heterocycles. The van der Waals surface area contributed by atoms with Gasteiger partial charge in [0, 0.05) is 13.1 Å². The van der Waals surface area contributed by atoms with Gasteiger partial charge in [-0.3, -0.25) is 14.8 Å². The molecular formula is C20H25N3O3. The van der Waals surface area contributed by atoms with Gasteiger partial charge in [0.25, 0.3) is 0 Å². The molecule has 6 nitrogen and oxygen atoms in total. The van der Waals surface area contributed by atoms with Crippen molar-refractivity contribution < 1.29 is 14.8 Å². The van der Waals surface area contributed by atoms with Crippen LogP contribution in [0.1, 0.15) is 31.2 Å². The number of amides is 1. The summed E-state index contributed by atoms with van der Waals surface area (Å²) in [6.07, 6.45) is 5.55. The number of carbonyl (C=O) groups excluding carboxylic acids is 2. The number of ketones is 1. The van der Waals surface area contributed by atoms with E-state index in [1.165, 1.54) is 0 Å². The maximum atomic E-state index is 13.2. The minimum atomic E-state index is -0.555. The van der Waals surface area contributed by atoms with E-state index in [1.54, 1.807) is 5.48 Å². The van der Waals surface area contributed by atoms with E-state index in [-0.39, 0.29) is 17.2 Å². The average molecular weight is 355 g/mol. The molecule has 138 valence electrons. The lowest BCUT2D eigenvalue weighted by Crippen LogP contribution is -2.59. The topological polar surface area (TPSA) is 90.5 Å². The number of carbonyl (C=O) groups is 2. The van der Waals surface area contributed by atoms with Gasteiger partial charge in [-0.25, -0.2) is 5.48 Å². The second-order valence-corrected chi connectivity index (χ2v) is 7.81. The summed E-state index contributed by atoms with van der Waals surface area (Å²) in [5.41, 5.74) is 4.18. The second-order valence-electron chi connectivity index (χ2n) is 7.81. The first-order valence-electron chi connectivity index (χ1n) is 9.31. The number of piperidine rings is 1. The van der Waals surface area contributed by atoms with E-state index < -0.39 is 17.9 Å². The molecule has 6 heteroatoms. The van der Waals surface area contributed by atoms with Crippen molar-refractivity contribution in [1.29, 1.82) is 0 Å². The van der Waals surface area contributed by atoms with E-state index in [0.717, 1.165) is 30.5 Å². The third-order valence-corrected chi connectivity index (χ3v) is 6.09. The Bertz CT molecular complexity index is 727. The number of hydrogen-bond donors (Lipinski definition) is 4. The van der Waals surface area contributed by atoms with Gasteiger partial charge >= 0.3 is 0 Å². The molecule has 2 heterocycles. The molecule has 1 spiro atoms. The van der Waals surface area contributed by atoms with Crippen LogP contribution in [0.3, 0.4) is 0 Å². The van der Waals surface area contributed by atoms with Crippen molar-refractivity contribution in [3.8, 4) is 0 Å². The Kier molecular flexibility index (Phi) is 4.65. The summed E-state index contributed by atoms with van der Waals surface area (Å²) >= 11 is 0. The molecule has 4 N–H and O–H groups in total. The number of rotatable bonds is 4. The van der Waals surface area contributed by atoms with Gasteiger partial charge in [0.05, 0.1) is 18.0 Å². The predicted octanol–water partition coefficient (Wildman–Crippen LogP) is 1.26. The van der Waals surface area contributed by atoms with Crippen LogP contribution in [0, 0.1) is 11.3 Å². The minimum Gasteiger partial charge on any atom is -0.306 e. The van der Waals surface area contributed by atoms with Gasteiger partial charge < -0.3 is 10.6 Å². The summed E-state index contributed by atoms with van der Waals surface area (Å²) in [6.45, 7) is 1.40. The van der Waals surface area contributed by atoms with Crippen LogP contribution >= 0.6 is 0 Å². The zero-order valence-electron chi connectivity index (χ0n) is 14.7. The van der Waals surface area contributed by atoms with Crippen LogP contribution in [0.4, 0.5) is 0 Å². The molecule has 2 fully saturated rings. The number of benzene rings is 1. The first-order chi connectivity index (χ1) is 12.6. The van der Waals surface area contributed by atoms with E-state index in [4.69, 9.17) is 5.21 Å². The molecule has 3 atom stereocenters. The lowest BCUT2D eigenvalue weighted by Gasteiger charge is -2.37. The zero-order valence-corrected chi connectivity index (χ0v) is 14.7. The molecule has 1 aromatic rings. The fourth-order valence-corrected chi connectivity index (χ4v) is 4.31. The Morgan fingerprint density at radius 3 is 2.62 bits per heavy atom. The molecule has 0 aromatic heterocycles. The van der Waals surface area contributed by atoms with E-state index in [0.29, 0.717) is 19.4 Å². The molecule has 1 aromatic carbocycles. The fourth-order valence-electron chi connectivity index (χ4n) is 4.31. The van der Waals surface area contributed by atoms with Crippen molar-refractivity contribution in [3.05, 3.63) is 42.0 Å². The number of nitrogens with one attached hydrogen (secondary N) is 3. The summed E-state index contributed by atoms with van der Waals surface area (Å²) in [5, 5.41) is 15.7. The maximum absolute atomic E-state index is 13.2. The highest BCUT2D eigenvalue weighted by Gasteiger charge is 2.52. The smallest absolute Gasteiger partial charge is 0.248 e. The van der Waals surface area contributed by atoms with Gasteiger partial charge in [-0.05, 0) is 42.2 Å². The van der Waals surface area contributed by atoms with Gasteiger partial charge in [0.1, 0.15) is 0 Å². The molecule has 26 heavy (non-hydrogen) atoms. The van der Waals surface area contributed by atoms with Crippen molar-refractivity contribution >= 4 is 17.3 Å². The molecule has 0 radical (unpaired) electrons. The van der Waals surface area contributed by atoms with Crippen LogP contribution in [0.5, 0.6) is 0 Å². The highest BCUT2D eigenvalue weighted by molar-refractivity contribution is 5.96. The van der Waals surface area contributed by atoms with E-state index in [2.05, 4.69) is 28.8 Å². The van der Waals surface area contributed by atoms with E-state index in [1.807, 2.05) is 18.2 Å². The van der Waals surface area contributed by atoms with Crippen LogP contribution in [-0.4, -0.2) is 42.1 Å². The summed E-state index contributed by atoms with van der Waals surface area (Å²) in [5.74, 6) is -0.969. The molecule has 1 amide bonds. The van der Waals surface area contributed by atoms with E-state index in [9.17, 15) is 9.59 Å². The Balaban J connectivity index is 1.49. The molecule has 1 saturated carbocycles. The van der Waals surface area contributed by atoms with Crippen molar-refractivity contribution in [2.24, 2.45) is 11.3 Å². The lowest BCUT2D eigenvalue weighted by molar-refractivity contribution is -0.140.